The van der Waals surface area contributed by atoms with Gasteiger partial charge in [0, 0.05) is 38.3 Å². The number of benzene rings is 1. The topological polar surface area (TPSA) is 52.2 Å². The first-order valence-corrected chi connectivity index (χ1v) is 9.20. The van der Waals surface area contributed by atoms with Crippen molar-refractivity contribution in [1.29, 1.82) is 0 Å². The van der Waals surface area contributed by atoms with Crippen LogP contribution in [0.4, 0.5) is 0 Å². The summed E-state index contributed by atoms with van der Waals surface area (Å²) in [4.78, 5) is 24.9. The van der Waals surface area contributed by atoms with Crippen molar-refractivity contribution >= 4 is 10.9 Å². The Morgan fingerprint density at radius 3 is 2.58 bits per heavy atom. The normalized spacial score (nSPS) is 25.3. The van der Waals surface area contributed by atoms with Crippen molar-refractivity contribution in [3.8, 4) is 0 Å². The molecule has 5 rings (SSSR count). The van der Waals surface area contributed by atoms with E-state index in [1.807, 2.05) is 6.92 Å². The van der Waals surface area contributed by atoms with Crippen molar-refractivity contribution < 1.29 is 0 Å². The van der Waals surface area contributed by atoms with Crippen molar-refractivity contribution in [3.63, 3.8) is 0 Å². The lowest BCUT2D eigenvalue weighted by atomic mass is 10.0. The van der Waals surface area contributed by atoms with Gasteiger partial charge < -0.3 is 4.98 Å². The molecule has 2 aromatic rings. The molecule has 0 spiro atoms. The standard InChI is InChI=1S/C19H24N4O/c1-12-20-17-10-13-2-5-18(15(13)11-16(17)19(24)21-12)23-8-6-22(7-9-23)14-3-4-14/h10-11,14,18H,2-9H2,1H3,(H,20,21,24). The summed E-state index contributed by atoms with van der Waals surface area (Å²) in [5, 5.41) is 0.739. The van der Waals surface area contributed by atoms with E-state index in [1.165, 1.54) is 43.5 Å². The Morgan fingerprint density at radius 2 is 1.83 bits per heavy atom. The van der Waals surface area contributed by atoms with Crippen molar-refractivity contribution in [1.82, 2.24) is 19.8 Å². The van der Waals surface area contributed by atoms with E-state index < -0.39 is 0 Å². The molecule has 5 heteroatoms. The van der Waals surface area contributed by atoms with Crippen LogP contribution in [0, 0.1) is 6.92 Å². The van der Waals surface area contributed by atoms with Crippen LogP contribution in [0.3, 0.4) is 0 Å². The van der Waals surface area contributed by atoms with Crippen LogP contribution in [-0.2, 0) is 6.42 Å². The van der Waals surface area contributed by atoms with Gasteiger partial charge in [0.05, 0.1) is 10.9 Å². The van der Waals surface area contributed by atoms with Crippen LogP contribution in [0.15, 0.2) is 16.9 Å². The zero-order valence-corrected chi connectivity index (χ0v) is 14.2. The van der Waals surface area contributed by atoms with Crippen molar-refractivity contribution in [2.45, 2.75) is 44.7 Å². The summed E-state index contributed by atoms with van der Waals surface area (Å²) in [7, 11) is 0. The molecule has 2 heterocycles. The number of aromatic nitrogens is 2. The molecule has 1 atom stereocenters. The number of aromatic amines is 1. The Bertz CT molecular complexity index is 846. The summed E-state index contributed by atoms with van der Waals surface area (Å²) >= 11 is 0. The molecule has 1 aromatic carbocycles. The van der Waals surface area contributed by atoms with Gasteiger partial charge in [-0.25, -0.2) is 4.98 Å². The van der Waals surface area contributed by atoms with Crippen LogP contribution >= 0.6 is 0 Å². The lowest BCUT2D eigenvalue weighted by molar-refractivity contribution is 0.0915. The van der Waals surface area contributed by atoms with Crippen LogP contribution in [0.5, 0.6) is 0 Å². The van der Waals surface area contributed by atoms with Gasteiger partial charge in [-0.2, -0.15) is 0 Å². The molecular formula is C19H24N4O. The molecular weight excluding hydrogens is 300 g/mol. The van der Waals surface area contributed by atoms with Crippen molar-refractivity contribution in [3.05, 3.63) is 39.4 Å². The Balaban J connectivity index is 1.45. The minimum Gasteiger partial charge on any atom is -0.310 e. The lowest BCUT2D eigenvalue weighted by Gasteiger charge is -2.38. The second-order valence-corrected chi connectivity index (χ2v) is 7.58. The first kappa shape index (κ1) is 14.6. The highest BCUT2D eigenvalue weighted by Gasteiger charge is 2.35. The fraction of sp³-hybridized carbons (Fsp3) is 0.579. The quantitative estimate of drug-likeness (QED) is 0.918. The molecule has 3 aliphatic rings. The zero-order chi connectivity index (χ0) is 16.3. The summed E-state index contributed by atoms with van der Waals surface area (Å²) in [6, 6.07) is 5.61. The van der Waals surface area contributed by atoms with Crippen LogP contribution in [0.2, 0.25) is 0 Å². The molecule has 1 aliphatic heterocycles. The second-order valence-electron chi connectivity index (χ2n) is 7.58. The maximum atomic E-state index is 12.3. The SMILES string of the molecule is Cc1nc2cc3c(cc2c(=O)[nH]1)C(N1CCN(C2CC2)CC1)CC3. The van der Waals surface area contributed by atoms with E-state index >= 15 is 0 Å². The molecule has 24 heavy (non-hydrogen) atoms. The third kappa shape index (κ3) is 2.38. The lowest BCUT2D eigenvalue weighted by Crippen LogP contribution is -2.48. The van der Waals surface area contributed by atoms with Crippen molar-refractivity contribution in [2.24, 2.45) is 0 Å². The molecule has 5 nitrogen and oxygen atoms in total. The molecule has 0 bridgehead atoms. The maximum Gasteiger partial charge on any atom is 0.258 e. The number of hydrogen-bond acceptors (Lipinski definition) is 4. The number of piperazine rings is 1. The molecule has 126 valence electrons. The average Bonchev–Trinajstić information content (AvgIpc) is 3.34. The van der Waals surface area contributed by atoms with Gasteiger partial charge in [0.25, 0.3) is 5.56 Å². The van der Waals surface area contributed by atoms with E-state index in [9.17, 15) is 4.79 Å². The van der Waals surface area contributed by atoms with E-state index in [2.05, 4.69) is 31.9 Å². The van der Waals surface area contributed by atoms with Crippen LogP contribution in [0.1, 0.15) is 42.3 Å². The minimum absolute atomic E-state index is 0.00972. The molecule has 2 aliphatic carbocycles. The molecule has 2 fully saturated rings. The van der Waals surface area contributed by atoms with Gasteiger partial charge in [0.2, 0.25) is 0 Å². The fourth-order valence-corrected chi connectivity index (χ4v) is 4.57. The Labute approximate surface area is 141 Å². The molecule has 1 unspecified atom stereocenters. The number of nitrogens with zero attached hydrogens (tertiary/aromatic N) is 3. The van der Waals surface area contributed by atoms with Gasteiger partial charge in [-0.3, -0.25) is 14.6 Å². The Hall–Kier alpha value is -1.72. The molecule has 1 saturated heterocycles. The smallest absolute Gasteiger partial charge is 0.258 e. The second kappa shape index (κ2) is 5.39. The van der Waals surface area contributed by atoms with E-state index in [4.69, 9.17) is 0 Å². The molecule has 1 N–H and O–H groups in total. The van der Waals surface area contributed by atoms with Crippen molar-refractivity contribution in [2.75, 3.05) is 26.2 Å². The molecule has 0 amide bonds. The summed E-state index contributed by atoms with van der Waals surface area (Å²) < 4.78 is 0. The van der Waals surface area contributed by atoms with Gasteiger partial charge in [-0.1, -0.05) is 0 Å². The molecule has 1 saturated carbocycles. The number of fused-ring (bicyclic) bond motifs is 2. The Morgan fingerprint density at radius 1 is 1.08 bits per heavy atom. The van der Waals surface area contributed by atoms with Crippen LogP contribution in [-0.4, -0.2) is 52.0 Å². The van der Waals surface area contributed by atoms with E-state index in [-0.39, 0.29) is 5.56 Å². The monoisotopic (exact) mass is 324 g/mol. The first-order valence-electron chi connectivity index (χ1n) is 9.20. The highest BCUT2D eigenvalue weighted by Crippen LogP contribution is 2.38. The maximum absolute atomic E-state index is 12.3. The number of H-pyrrole nitrogens is 1. The average molecular weight is 324 g/mol. The largest absolute Gasteiger partial charge is 0.310 e. The van der Waals surface area contributed by atoms with Gasteiger partial charge in [0.1, 0.15) is 5.82 Å². The third-order valence-corrected chi connectivity index (χ3v) is 5.98. The Kier molecular flexibility index (Phi) is 3.28. The zero-order valence-electron chi connectivity index (χ0n) is 14.2. The number of aryl methyl sites for hydroxylation is 2. The summed E-state index contributed by atoms with van der Waals surface area (Å²) in [6.07, 6.45) is 5.07. The third-order valence-electron chi connectivity index (χ3n) is 5.98. The van der Waals surface area contributed by atoms with E-state index in [1.54, 1.807) is 0 Å². The molecule has 0 radical (unpaired) electrons. The summed E-state index contributed by atoms with van der Waals surface area (Å²) in [6.45, 7) is 6.55. The number of nitrogens with one attached hydrogen (secondary N) is 1. The van der Waals surface area contributed by atoms with Gasteiger partial charge >= 0.3 is 0 Å². The number of hydrogen-bond donors (Lipinski definition) is 1. The summed E-state index contributed by atoms with van der Waals surface area (Å²) in [5.74, 6) is 0.693. The van der Waals surface area contributed by atoms with Crippen LogP contribution in [0.25, 0.3) is 10.9 Å². The van der Waals surface area contributed by atoms with Gasteiger partial charge in [0.15, 0.2) is 0 Å². The highest BCUT2D eigenvalue weighted by molar-refractivity contribution is 5.80. The highest BCUT2D eigenvalue weighted by atomic mass is 16.1. The minimum atomic E-state index is -0.00972. The fourth-order valence-electron chi connectivity index (χ4n) is 4.57. The van der Waals surface area contributed by atoms with Crippen LogP contribution < -0.4 is 5.56 Å². The molecule has 1 aromatic heterocycles. The van der Waals surface area contributed by atoms with Gasteiger partial charge in [-0.05, 0) is 55.9 Å². The first-order chi connectivity index (χ1) is 11.7. The van der Waals surface area contributed by atoms with E-state index in [0.717, 1.165) is 36.5 Å². The predicted molar refractivity (Wildman–Crippen MR) is 94.3 cm³/mol. The van der Waals surface area contributed by atoms with E-state index in [0.29, 0.717) is 11.9 Å². The number of rotatable bonds is 2. The predicted octanol–water partition coefficient (Wildman–Crippen LogP) is 2.00. The summed E-state index contributed by atoms with van der Waals surface area (Å²) in [5.41, 5.74) is 3.58. The van der Waals surface area contributed by atoms with Gasteiger partial charge in [-0.15, -0.1) is 0 Å².